The van der Waals surface area contributed by atoms with Crippen LogP contribution < -0.4 is 5.56 Å². The maximum absolute atomic E-state index is 11.9. The van der Waals surface area contributed by atoms with Crippen molar-refractivity contribution in [2.45, 2.75) is 12.3 Å². The quantitative estimate of drug-likeness (QED) is 0.695. The van der Waals surface area contributed by atoms with Crippen LogP contribution in [0.3, 0.4) is 0 Å². The zero-order chi connectivity index (χ0) is 13.1. The van der Waals surface area contributed by atoms with Gasteiger partial charge in [-0.1, -0.05) is 22.0 Å². The van der Waals surface area contributed by atoms with Gasteiger partial charge in [-0.05, 0) is 24.6 Å². The Balaban J connectivity index is 2.57. The number of H-pyrrole nitrogens is 1. The van der Waals surface area contributed by atoms with Gasteiger partial charge in [-0.15, -0.1) is 0 Å². The van der Waals surface area contributed by atoms with Gasteiger partial charge in [0.15, 0.2) is 0 Å². The molecule has 18 heavy (non-hydrogen) atoms. The van der Waals surface area contributed by atoms with Crippen LogP contribution in [0.4, 0.5) is 0 Å². The Bertz CT molecular complexity index is 651. The lowest BCUT2D eigenvalue weighted by molar-refractivity contribution is 0.0512. The van der Waals surface area contributed by atoms with Crippen LogP contribution in [-0.4, -0.2) is 22.5 Å². The number of benzene rings is 1. The number of nitrogens with one attached hydrogen (secondary N) is 1. The molecule has 0 fully saturated rings. The topological polar surface area (TPSA) is 72.0 Å². The van der Waals surface area contributed by atoms with Crippen LogP contribution in [0, 0.1) is 0 Å². The predicted octanol–water partition coefficient (Wildman–Crippen LogP) is 1.99. The third-order valence-corrected chi connectivity index (χ3v) is 3.04. The molecule has 0 radical (unpaired) electrons. The van der Waals surface area contributed by atoms with Crippen molar-refractivity contribution in [3.8, 4) is 0 Å². The third kappa shape index (κ3) is 2.43. The molecule has 1 N–H and O–H groups in total. The van der Waals surface area contributed by atoms with Crippen molar-refractivity contribution in [1.29, 1.82) is 0 Å². The first kappa shape index (κ1) is 12.8. The predicted molar refractivity (Wildman–Crippen MR) is 71.0 cm³/mol. The largest absolute Gasteiger partial charge is 0.460 e. The van der Waals surface area contributed by atoms with Gasteiger partial charge in [0, 0.05) is 5.33 Å². The molecule has 0 aliphatic heterocycles. The molecule has 0 saturated carbocycles. The van der Waals surface area contributed by atoms with E-state index in [-0.39, 0.29) is 18.0 Å². The van der Waals surface area contributed by atoms with E-state index in [0.717, 1.165) is 5.56 Å². The first-order valence-corrected chi connectivity index (χ1v) is 6.54. The van der Waals surface area contributed by atoms with E-state index >= 15 is 0 Å². The lowest BCUT2D eigenvalue weighted by atomic mass is 10.2. The maximum atomic E-state index is 11.9. The number of aromatic amines is 1. The fraction of sp³-hybridized carbons (Fsp3) is 0.250. The molecule has 0 aliphatic carbocycles. The summed E-state index contributed by atoms with van der Waals surface area (Å²) in [5.74, 6) is -0.693. The molecule has 0 bridgehead atoms. The summed E-state index contributed by atoms with van der Waals surface area (Å²) in [6, 6.07) is 5.30. The molecular formula is C12H11BrN2O3. The molecular weight excluding hydrogens is 300 g/mol. The summed E-state index contributed by atoms with van der Waals surface area (Å²) >= 11 is 3.32. The Morgan fingerprint density at radius 1 is 1.50 bits per heavy atom. The first-order valence-electron chi connectivity index (χ1n) is 5.41. The fourth-order valence-corrected chi connectivity index (χ4v) is 1.91. The van der Waals surface area contributed by atoms with Gasteiger partial charge in [-0.25, -0.2) is 9.78 Å². The van der Waals surface area contributed by atoms with Crippen molar-refractivity contribution in [3.05, 3.63) is 39.9 Å². The molecule has 2 aromatic rings. The van der Waals surface area contributed by atoms with E-state index < -0.39 is 5.97 Å². The van der Waals surface area contributed by atoms with Crippen molar-refractivity contribution in [2.24, 2.45) is 0 Å². The summed E-state index contributed by atoms with van der Waals surface area (Å²) in [6.45, 7) is 1.93. The number of aromatic nitrogens is 2. The van der Waals surface area contributed by atoms with Crippen molar-refractivity contribution < 1.29 is 9.53 Å². The van der Waals surface area contributed by atoms with Gasteiger partial charge in [0.1, 0.15) is 0 Å². The van der Waals surface area contributed by atoms with E-state index in [1.165, 1.54) is 0 Å². The summed E-state index contributed by atoms with van der Waals surface area (Å²) in [5.41, 5.74) is 1.11. The van der Waals surface area contributed by atoms with E-state index in [1.54, 1.807) is 19.1 Å². The van der Waals surface area contributed by atoms with Crippen LogP contribution >= 0.6 is 15.9 Å². The molecule has 1 aromatic carbocycles. The number of nitrogens with zero attached hydrogens (tertiary/aromatic N) is 1. The summed E-state index contributed by atoms with van der Waals surface area (Å²) < 4.78 is 4.80. The minimum absolute atomic E-state index is 0.0686. The highest BCUT2D eigenvalue weighted by molar-refractivity contribution is 9.08. The Morgan fingerprint density at radius 2 is 2.28 bits per heavy atom. The zero-order valence-electron chi connectivity index (χ0n) is 9.70. The van der Waals surface area contributed by atoms with Gasteiger partial charge >= 0.3 is 5.97 Å². The Hall–Kier alpha value is -1.69. The smallest absolute Gasteiger partial charge is 0.374 e. The normalized spacial score (nSPS) is 10.6. The lowest BCUT2D eigenvalue weighted by Crippen LogP contribution is -2.17. The highest BCUT2D eigenvalue weighted by atomic mass is 79.9. The van der Waals surface area contributed by atoms with Crippen molar-refractivity contribution in [2.75, 3.05) is 6.61 Å². The molecule has 0 saturated heterocycles. The number of hydrogen-bond acceptors (Lipinski definition) is 4. The fourth-order valence-electron chi connectivity index (χ4n) is 1.57. The van der Waals surface area contributed by atoms with E-state index in [2.05, 4.69) is 25.9 Å². The summed E-state index contributed by atoms with van der Waals surface area (Å²) in [7, 11) is 0. The van der Waals surface area contributed by atoms with Crippen LogP contribution in [-0.2, 0) is 10.1 Å². The highest BCUT2D eigenvalue weighted by Crippen LogP contribution is 2.13. The van der Waals surface area contributed by atoms with Crippen LogP contribution in [0.2, 0.25) is 0 Å². The van der Waals surface area contributed by atoms with E-state index in [1.807, 2.05) is 6.07 Å². The molecule has 1 heterocycles. The van der Waals surface area contributed by atoms with Crippen molar-refractivity contribution >= 4 is 32.8 Å². The number of halogens is 1. The Kier molecular flexibility index (Phi) is 3.76. The first-order chi connectivity index (χ1) is 8.65. The monoisotopic (exact) mass is 310 g/mol. The second-order valence-electron chi connectivity index (χ2n) is 3.62. The minimum atomic E-state index is -0.624. The average molecular weight is 311 g/mol. The minimum Gasteiger partial charge on any atom is -0.460 e. The number of carbonyl (C=O) groups excluding carboxylic acids is 1. The number of hydrogen-bond donors (Lipinski definition) is 1. The van der Waals surface area contributed by atoms with Gasteiger partial charge < -0.3 is 9.72 Å². The molecule has 0 amide bonds. The lowest BCUT2D eigenvalue weighted by Gasteiger charge is -2.03. The number of ether oxygens (including phenoxy) is 1. The van der Waals surface area contributed by atoms with Crippen LogP contribution in [0.1, 0.15) is 23.1 Å². The number of fused-ring (bicyclic) bond motifs is 1. The van der Waals surface area contributed by atoms with Crippen molar-refractivity contribution in [1.82, 2.24) is 9.97 Å². The molecule has 0 spiro atoms. The van der Waals surface area contributed by atoms with E-state index in [0.29, 0.717) is 16.2 Å². The molecule has 0 atom stereocenters. The molecule has 2 rings (SSSR count). The highest BCUT2D eigenvalue weighted by Gasteiger charge is 2.12. The van der Waals surface area contributed by atoms with E-state index in [9.17, 15) is 9.59 Å². The second-order valence-corrected chi connectivity index (χ2v) is 4.18. The molecule has 5 nitrogen and oxygen atoms in total. The van der Waals surface area contributed by atoms with Gasteiger partial charge in [0.2, 0.25) is 5.82 Å². The standard InChI is InChI=1S/C12H11BrN2O3/c1-2-18-12(17)10-14-9-4-3-7(6-13)5-8(9)11(16)15-10/h3-5H,2,6H2,1H3,(H,14,15,16). The molecule has 94 valence electrons. The van der Waals surface area contributed by atoms with Crippen molar-refractivity contribution in [3.63, 3.8) is 0 Å². The molecule has 1 aromatic heterocycles. The summed E-state index contributed by atoms with van der Waals surface area (Å²) in [6.07, 6.45) is 0. The Morgan fingerprint density at radius 3 is 2.94 bits per heavy atom. The summed E-state index contributed by atoms with van der Waals surface area (Å²) in [5, 5.41) is 1.11. The van der Waals surface area contributed by atoms with Gasteiger partial charge in [0.25, 0.3) is 5.56 Å². The Labute approximate surface area is 111 Å². The SMILES string of the molecule is CCOC(=O)c1nc2ccc(CBr)cc2c(=O)[nH]1. The van der Waals surface area contributed by atoms with Gasteiger partial charge in [-0.2, -0.15) is 0 Å². The number of rotatable bonds is 3. The maximum Gasteiger partial charge on any atom is 0.374 e. The van der Waals surface area contributed by atoms with E-state index in [4.69, 9.17) is 4.74 Å². The molecule has 0 aliphatic rings. The number of alkyl halides is 1. The molecule has 0 unspecified atom stereocenters. The van der Waals surface area contributed by atoms with Gasteiger partial charge in [-0.3, -0.25) is 4.79 Å². The average Bonchev–Trinajstić information content (AvgIpc) is 2.38. The third-order valence-electron chi connectivity index (χ3n) is 2.39. The zero-order valence-corrected chi connectivity index (χ0v) is 11.3. The van der Waals surface area contributed by atoms with Gasteiger partial charge in [0.05, 0.1) is 17.5 Å². The second kappa shape index (κ2) is 5.30. The number of carbonyl (C=O) groups is 1. The van der Waals surface area contributed by atoms with Crippen LogP contribution in [0.15, 0.2) is 23.0 Å². The summed E-state index contributed by atoms with van der Waals surface area (Å²) in [4.78, 5) is 29.9. The van der Waals surface area contributed by atoms with Crippen LogP contribution in [0.5, 0.6) is 0 Å². The number of esters is 1. The molecule has 6 heteroatoms. The van der Waals surface area contributed by atoms with Crippen LogP contribution in [0.25, 0.3) is 10.9 Å².